The van der Waals surface area contributed by atoms with E-state index in [-0.39, 0.29) is 0 Å². The Balaban J connectivity index is 1.89. The fraction of sp³-hybridized carbons (Fsp3) is 0. The van der Waals surface area contributed by atoms with Crippen molar-refractivity contribution in [2.75, 3.05) is 10.6 Å². The number of halogens is 2. The maximum Gasteiger partial charge on any atom is 0.248 e. The van der Waals surface area contributed by atoms with E-state index in [0.29, 0.717) is 21.4 Å². The smallest absolute Gasteiger partial charge is 0.248 e. The second kappa shape index (κ2) is 7.64. The molecule has 2 aromatic rings. The van der Waals surface area contributed by atoms with Crippen LogP contribution in [0, 0.1) is 0 Å². The van der Waals surface area contributed by atoms with Crippen LogP contribution in [-0.2, 0) is 9.59 Å². The van der Waals surface area contributed by atoms with Crippen molar-refractivity contribution >= 4 is 46.4 Å². The molecule has 0 aliphatic heterocycles. The molecule has 2 aromatic carbocycles. The van der Waals surface area contributed by atoms with Gasteiger partial charge in [-0.05, 0) is 42.5 Å². The highest BCUT2D eigenvalue weighted by Crippen LogP contribution is 2.15. The Labute approximate surface area is 137 Å². The lowest BCUT2D eigenvalue weighted by Gasteiger charge is -2.03. The maximum absolute atomic E-state index is 11.7. The summed E-state index contributed by atoms with van der Waals surface area (Å²) < 4.78 is 0. The minimum absolute atomic E-state index is 0.413. The number of hydrogen-bond acceptors (Lipinski definition) is 2. The minimum Gasteiger partial charge on any atom is -0.323 e. The van der Waals surface area contributed by atoms with Crippen LogP contribution in [0.3, 0.4) is 0 Å². The first-order chi connectivity index (χ1) is 10.5. The second-order valence-electron chi connectivity index (χ2n) is 4.33. The monoisotopic (exact) mass is 334 g/mol. The summed E-state index contributed by atoms with van der Waals surface area (Å²) in [5, 5.41) is 6.31. The summed E-state index contributed by atoms with van der Waals surface area (Å²) in [6.07, 6.45) is 2.29. The van der Waals surface area contributed by atoms with E-state index in [1.165, 1.54) is 0 Å². The molecular weight excluding hydrogens is 323 g/mol. The van der Waals surface area contributed by atoms with Gasteiger partial charge in [-0.2, -0.15) is 0 Å². The van der Waals surface area contributed by atoms with E-state index < -0.39 is 11.8 Å². The predicted molar refractivity (Wildman–Crippen MR) is 89.3 cm³/mol. The average Bonchev–Trinajstić information content (AvgIpc) is 2.48. The van der Waals surface area contributed by atoms with Crippen molar-refractivity contribution < 1.29 is 9.59 Å². The van der Waals surface area contributed by atoms with Gasteiger partial charge in [0.25, 0.3) is 0 Å². The molecule has 0 spiro atoms. The summed E-state index contributed by atoms with van der Waals surface area (Å²) in [6, 6.07) is 13.4. The predicted octanol–water partition coefficient (Wildman–Crippen LogP) is 4.13. The maximum atomic E-state index is 11.7. The van der Waals surface area contributed by atoms with Crippen LogP contribution >= 0.6 is 23.2 Å². The van der Waals surface area contributed by atoms with E-state index in [1.807, 2.05) is 0 Å². The topological polar surface area (TPSA) is 58.2 Å². The zero-order valence-electron chi connectivity index (χ0n) is 11.3. The van der Waals surface area contributed by atoms with E-state index >= 15 is 0 Å². The molecule has 2 rings (SSSR count). The first-order valence-corrected chi connectivity index (χ1v) is 7.10. The Kier molecular flexibility index (Phi) is 5.58. The molecule has 0 fully saturated rings. The van der Waals surface area contributed by atoms with Gasteiger partial charge in [0.1, 0.15) is 0 Å². The van der Waals surface area contributed by atoms with E-state index in [0.717, 1.165) is 12.2 Å². The third-order valence-electron chi connectivity index (χ3n) is 2.59. The van der Waals surface area contributed by atoms with Gasteiger partial charge < -0.3 is 10.6 Å². The molecule has 22 heavy (non-hydrogen) atoms. The Morgan fingerprint density at radius 3 is 1.95 bits per heavy atom. The van der Waals surface area contributed by atoms with Gasteiger partial charge >= 0.3 is 0 Å². The van der Waals surface area contributed by atoms with Crippen LogP contribution in [0.15, 0.2) is 60.7 Å². The Bertz CT molecular complexity index is 712. The molecule has 0 saturated carbocycles. The van der Waals surface area contributed by atoms with Crippen molar-refractivity contribution in [2.45, 2.75) is 0 Å². The van der Waals surface area contributed by atoms with Gasteiger partial charge in [0, 0.05) is 33.6 Å². The molecule has 0 aliphatic rings. The van der Waals surface area contributed by atoms with Crippen molar-refractivity contribution in [1.29, 1.82) is 0 Å². The van der Waals surface area contributed by atoms with Gasteiger partial charge in [0.05, 0.1) is 0 Å². The molecule has 0 unspecified atom stereocenters. The van der Waals surface area contributed by atoms with Crippen LogP contribution in [0.2, 0.25) is 10.0 Å². The molecule has 2 amide bonds. The molecule has 2 N–H and O–H groups in total. The third kappa shape index (κ3) is 5.24. The fourth-order valence-electron chi connectivity index (χ4n) is 1.62. The fourth-order valence-corrected chi connectivity index (χ4v) is 1.93. The van der Waals surface area contributed by atoms with E-state index in [9.17, 15) is 9.59 Å². The second-order valence-corrected chi connectivity index (χ2v) is 5.20. The van der Waals surface area contributed by atoms with Crippen LogP contribution < -0.4 is 10.6 Å². The van der Waals surface area contributed by atoms with Crippen LogP contribution in [0.25, 0.3) is 0 Å². The lowest BCUT2D eigenvalue weighted by atomic mass is 10.3. The van der Waals surface area contributed by atoms with Gasteiger partial charge in [-0.1, -0.05) is 29.3 Å². The third-order valence-corrected chi connectivity index (χ3v) is 3.08. The first kappa shape index (κ1) is 16.1. The number of rotatable bonds is 4. The molecule has 0 heterocycles. The van der Waals surface area contributed by atoms with Crippen LogP contribution in [0.5, 0.6) is 0 Å². The summed E-state index contributed by atoms with van der Waals surface area (Å²) in [6.45, 7) is 0. The molecule has 4 nitrogen and oxygen atoms in total. The standard InChI is InChI=1S/C16H12Cl2N2O2/c17-11-4-6-13(7-5-11)19-15(21)8-9-16(22)20-14-3-1-2-12(18)10-14/h1-10H,(H,19,21)(H,20,22)/b9-8-. The Hall–Kier alpha value is -2.30. The molecule has 0 saturated heterocycles. The number of nitrogens with one attached hydrogen (secondary N) is 2. The highest BCUT2D eigenvalue weighted by Gasteiger charge is 2.01. The lowest BCUT2D eigenvalue weighted by Crippen LogP contribution is -2.12. The van der Waals surface area contributed by atoms with Gasteiger partial charge in [0.2, 0.25) is 11.8 Å². The summed E-state index contributed by atoms with van der Waals surface area (Å²) >= 11 is 11.6. The number of carbonyl (C=O) groups is 2. The number of benzene rings is 2. The number of carbonyl (C=O) groups excluding carboxylic acids is 2. The van der Waals surface area contributed by atoms with Crippen LogP contribution in [-0.4, -0.2) is 11.8 Å². The van der Waals surface area contributed by atoms with Crippen molar-refractivity contribution in [3.05, 3.63) is 70.7 Å². The van der Waals surface area contributed by atoms with Crippen LogP contribution in [0.4, 0.5) is 11.4 Å². The van der Waals surface area contributed by atoms with Gasteiger partial charge in [-0.25, -0.2) is 0 Å². The van der Waals surface area contributed by atoms with Crippen molar-refractivity contribution in [1.82, 2.24) is 0 Å². The first-order valence-electron chi connectivity index (χ1n) is 6.34. The molecule has 112 valence electrons. The molecule has 0 bridgehead atoms. The van der Waals surface area contributed by atoms with Crippen LogP contribution in [0.1, 0.15) is 0 Å². The minimum atomic E-state index is -0.423. The van der Waals surface area contributed by atoms with E-state index in [1.54, 1.807) is 48.5 Å². The molecule has 0 aromatic heterocycles. The zero-order chi connectivity index (χ0) is 15.9. The summed E-state index contributed by atoms with van der Waals surface area (Å²) in [5.74, 6) is -0.836. The number of hydrogen-bond donors (Lipinski definition) is 2. The van der Waals surface area contributed by atoms with Crippen molar-refractivity contribution in [3.63, 3.8) is 0 Å². The van der Waals surface area contributed by atoms with Gasteiger partial charge in [0.15, 0.2) is 0 Å². The number of amides is 2. The quantitative estimate of drug-likeness (QED) is 0.826. The molecule has 0 aliphatic carbocycles. The lowest BCUT2D eigenvalue weighted by molar-refractivity contribution is -0.114. The van der Waals surface area contributed by atoms with E-state index in [4.69, 9.17) is 23.2 Å². The molecule has 0 radical (unpaired) electrons. The normalized spacial score (nSPS) is 10.5. The molecular formula is C16H12Cl2N2O2. The van der Waals surface area contributed by atoms with Gasteiger partial charge in [-0.15, -0.1) is 0 Å². The number of anilines is 2. The highest BCUT2D eigenvalue weighted by atomic mass is 35.5. The molecule has 6 heteroatoms. The molecule has 0 atom stereocenters. The van der Waals surface area contributed by atoms with E-state index in [2.05, 4.69) is 10.6 Å². The zero-order valence-corrected chi connectivity index (χ0v) is 12.9. The highest BCUT2D eigenvalue weighted by molar-refractivity contribution is 6.31. The summed E-state index contributed by atoms with van der Waals surface area (Å²) in [4.78, 5) is 23.4. The average molecular weight is 335 g/mol. The Morgan fingerprint density at radius 1 is 0.773 bits per heavy atom. The summed E-state index contributed by atoms with van der Waals surface area (Å²) in [7, 11) is 0. The SMILES string of the molecule is O=C(/C=C\C(=O)Nc1cccc(Cl)c1)Nc1ccc(Cl)cc1. The summed E-state index contributed by atoms with van der Waals surface area (Å²) in [5.41, 5.74) is 1.15. The van der Waals surface area contributed by atoms with Crippen molar-refractivity contribution in [3.8, 4) is 0 Å². The Morgan fingerprint density at radius 2 is 1.36 bits per heavy atom. The van der Waals surface area contributed by atoms with Gasteiger partial charge in [-0.3, -0.25) is 9.59 Å². The largest absolute Gasteiger partial charge is 0.323 e. The van der Waals surface area contributed by atoms with Crippen molar-refractivity contribution in [2.24, 2.45) is 0 Å².